The van der Waals surface area contributed by atoms with Gasteiger partial charge in [0.15, 0.2) is 0 Å². The van der Waals surface area contributed by atoms with Crippen LogP contribution in [0.4, 0.5) is 4.39 Å². The van der Waals surface area contributed by atoms with Crippen LogP contribution in [-0.2, 0) is 6.54 Å². The minimum atomic E-state index is -0.311. The molecule has 20 heavy (non-hydrogen) atoms. The third kappa shape index (κ3) is 4.02. The first-order chi connectivity index (χ1) is 9.58. The summed E-state index contributed by atoms with van der Waals surface area (Å²) < 4.78 is 19.3. The molecule has 0 unspecified atom stereocenters. The highest BCUT2D eigenvalue weighted by Crippen LogP contribution is 2.29. The van der Waals surface area contributed by atoms with Gasteiger partial charge in [0, 0.05) is 18.3 Å². The number of nitrogens with one attached hydrogen (secondary N) is 1. The van der Waals surface area contributed by atoms with Crippen molar-refractivity contribution in [3.63, 3.8) is 0 Å². The van der Waals surface area contributed by atoms with Crippen LogP contribution in [-0.4, -0.2) is 11.5 Å². The third-order valence-electron chi connectivity index (χ3n) is 2.68. The Hall–Kier alpha value is -1.46. The molecule has 5 heteroatoms. The maximum atomic E-state index is 13.0. The molecule has 1 heterocycles. The molecule has 0 saturated heterocycles. The maximum Gasteiger partial charge on any atom is 0.219 e. The van der Waals surface area contributed by atoms with E-state index in [1.807, 2.05) is 19.1 Å². The Kier molecular flexibility index (Phi) is 5.09. The van der Waals surface area contributed by atoms with Crippen molar-refractivity contribution in [1.82, 2.24) is 10.3 Å². The fraction of sp³-hybridized carbons (Fsp3) is 0.267. The van der Waals surface area contributed by atoms with Gasteiger partial charge in [-0.15, -0.1) is 0 Å². The van der Waals surface area contributed by atoms with Crippen LogP contribution in [0.25, 0.3) is 0 Å². The van der Waals surface area contributed by atoms with E-state index in [1.165, 1.54) is 12.1 Å². The van der Waals surface area contributed by atoms with E-state index in [0.717, 1.165) is 24.3 Å². The first-order valence-electron chi connectivity index (χ1n) is 6.39. The zero-order valence-corrected chi connectivity index (χ0v) is 13.0. The quantitative estimate of drug-likeness (QED) is 0.887. The summed E-state index contributed by atoms with van der Waals surface area (Å²) in [5, 5.41) is 3.26. The minimum absolute atomic E-state index is 0.311. The lowest BCUT2D eigenvalue weighted by molar-refractivity contribution is 0.456. The van der Waals surface area contributed by atoms with E-state index < -0.39 is 0 Å². The van der Waals surface area contributed by atoms with Crippen molar-refractivity contribution in [3.8, 4) is 11.6 Å². The number of aromatic nitrogens is 1. The molecule has 106 valence electrons. The average molecular weight is 339 g/mol. The van der Waals surface area contributed by atoms with Gasteiger partial charge in [-0.3, -0.25) is 0 Å². The number of hydrogen-bond acceptors (Lipinski definition) is 3. The maximum absolute atomic E-state index is 13.0. The summed E-state index contributed by atoms with van der Waals surface area (Å²) in [6.45, 7) is 5.64. The average Bonchev–Trinajstić information content (AvgIpc) is 2.39. The van der Waals surface area contributed by atoms with Gasteiger partial charge in [-0.1, -0.05) is 6.92 Å². The highest BCUT2D eigenvalue weighted by Gasteiger charge is 2.07. The van der Waals surface area contributed by atoms with Crippen LogP contribution < -0.4 is 10.1 Å². The summed E-state index contributed by atoms with van der Waals surface area (Å²) in [6.07, 6.45) is 0. The van der Waals surface area contributed by atoms with Crippen molar-refractivity contribution in [1.29, 1.82) is 0 Å². The van der Waals surface area contributed by atoms with Gasteiger partial charge in [-0.05, 0) is 59.2 Å². The second-order valence-corrected chi connectivity index (χ2v) is 5.27. The molecule has 0 fully saturated rings. The second-order valence-electron chi connectivity index (χ2n) is 4.41. The molecule has 0 bridgehead atoms. The topological polar surface area (TPSA) is 34.2 Å². The van der Waals surface area contributed by atoms with Crippen molar-refractivity contribution < 1.29 is 9.13 Å². The second kappa shape index (κ2) is 6.81. The smallest absolute Gasteiger partial charge is 0.219 e. The predicted molar refractivity (Wildman–Crippen MR) is 80.5 cm³/mol. The number of benzene rings is 1. The monoisotopic (exact) mass is 338 g/mol. The molecular weight excluding hydrogens is 323 g/mol. The van der Waals surface area contributed by atoms with E-state index in [4.69, 9.17) is 4.74 Å². The first-order valence-corrected chi connectivity index (χ1v) is 7.19. The van der Waals surface area contributed by atoms with Crippen molar-refractivity contribution in [3.05, 3.63) is 51.9 Å². The lowest BCUT2D eigenvalue weighted by atomic mass is 10.2. The molecule has 1 N–H and O–H groups in total. The summed E-state index contributed by atoms with van der Waals surface area (Å²) in [6, 6.07) is 8.19. The Morgan fingerprint density at radius 3 is 2.80 bits per heavy atom. The van der Waals surface area contributed by atoms with Gasteiger partial charge in [0.25, 0.3) is 0 Å². The summed E-state index contributed by atoms with van der Waals surface area (Å²) in [5.41, 5.74) is 1.99. The van der Waals surface area contributed by atoms with Crippen molar-refractivity contribution in [2.24, 2.45) is 0 Å². The Labute approximate surface area is 126 Å². The predicted octanol–water partition coefficient (Wildman–Crippen LogP) is 4.19. The molecule has 0 spiro atoms. The number of nitrogens with zero attached hydrogens (tertiary/aromatic N) is 1. The van der Waals surface area contributed by atoms with Gasteiger partial charge in [-0.25, -0.2) is 9.37 Å². The van der Waals surface area contributed by atoms with Crippen LogP contribution in [0.15, 0.2) is 34.8 Å². The fourth-order valence-electron chi connectivity index (χ4n) is 1.80. The SMILES string of the molecule is CCNCc1cc(C)nc(Oc2ccc(F)cc2Br)c1. The standard InChI is InChI=1S/C15H16BrFN2O/c1-3-18-9-11-6-10(2)19-15(7-11)20-14-5-4-12(17)8-13(14)16/h4-8,18H,3,9H2,1-2H3. The molecule has 2 rings (SSSR count). The molecule has 2 aromatic rings. The van der Waals surface area contributed by atoms with E-state index >= 15 is 0 Å². The molecule has 0 amide bonds. The molecule has 0 aliphatic carbocycles. The van der Waals surface area contributed by atoms with Gasteiger partial charge < -0.3 is 10.1 Å². The summed E-state index contributed by atoms with van der Waals surface area (Å²) >= 11 is 3.28. The lowest BCUT2D eigenvalue weighted by Crippen LogP contribution is -2.12. The van der Waals surface area contributed by atoms with Crippen molar-refractivity contribution in [2.45, 2.75) is 20.4 Å². The molecule has 1 aromatic carbocycles. The molecular formula is C15H16BrFN2O. The molecule has 0 aliphatic heterocycles. The normalized spacial score (nSPS) is 10.6. The van der Waals surface area contributed by atoms with E-state index in [2.05, 4.69) is 33.2 Å². The number of pyridine rings is 1. The number of halogens is 2. The molecule has 3 nitrogen and oxygen atoms in total. The number of aryl methyl sites for hydroxylation is 1. The van der Waals surface area contributed by atoms with E-state index in [9.17, 15) is 4.39 Å². The largest absolute Gasteiger partial charge is 0.438 e. The van der Waals surface area contributed by atoms with Crippen LogP contribution in [0, 0.1) is 12.7 Å². The third-order valence-corrected chi connectivity index (χ3v) is 3.30. The van der Waals surface area contributed by atoms with Crippen LogP contribution in [0.3, 0.4) is 0 Å². The number of ether oxygens (including phenoxy) is 1. The molecule has 0 atom stereocenters. The summed E-state index contributed by atoms with van der Waals surface area (Å²) in [5.74, 6) is 0.735. The highest BCUT2D eigenvalue weighted by molar-refractivity contribution is 9.10. The zero-order valence-electron chi connectivity index (χ0n) is 11.4. The Balaban J connectivity index is 2.21. The van der Waals surface area contributed by atoms with E-state index in [-0.39, 0.29) is 5.82 Å². The molecule has 0 saturated carbocycles. The van der Waals surface area contributed by atoms with Gasteiger partial charge in [0.2, 0.25) is 5.88 Å². The lowest BCUT2D eigenvalue weighted by Gasteiger charge is -2.10. The highest BCUT2D eigenvalue weighted by atomic mass is 79.9. The van der Waals surface area contributed by atoms with Crippen molar-refractivity contribution in [2.75, 3.05) is 6.54 Å². The summed E-state index contributed by atoms with van der Waals surface area (Å²) in [4.78, 5) is 4.34. The molecule has 1 aromatic heterocycles. The van der Waals surface area contributed by atoms with Crippen LogP contribution >= 0.6 is 15.9 Å². The van der Waals surface area contributed by atoms with Crippen LogP contribution in [0.2, 0.25) is 0 Å². The van der Waals surface area contributed by atoms with Gasteiger partial charge >= 0.3 is 0 Å². The Morgan fingerprint density at radius 1 is 1.30 bits per heavy atom. The van der Waals surface area contributed by atoms with Gasteiger partial charge in [0.1, 0.15) is 11.6 Å². The molecule has 0 radical (unpaired) electrons. The number of rotatable bonds is 5. The van der Waals surface area contributed by atoms with E-state index in [0.29, 0.717) is 16.1 Å². The van der Waals surface area contributed by atoms with Gasteiger partial charge in [-0.2, -0.15) is 0 Å². The first kappa shape index (κ1) is 14.9. The summed E-state index contributed by atoms with van der Waals surface area (Å²) in [7, 11) is 0. The van der Waals surface area contributed by atoms with Gasteiger partial charge in [0.05, 0.1) is 4.47 Å². The fourth-order valence-corrected chi connectivity index (χ4v) is 2.23. The molecule has 0 aliphatic rings. The Morgan fingerprint density at radius 2 is 2.10 bits per heavy atom. The Bertz CT molecular complexity index is 604. The number of hydrogen-bond donors (Lipinski definition) is 1. The van der Waals surface area contributed by atoms with Crippen molar-refractivity contribution >= 4 is 15.9 Å². The van der Waals surface area contributed by atoms with Crippen LogP contribution in [0.5, 0.6) is 11.6 Å². The van der Waals surface area contributed by atoms with E-state index in [1.54, 1.807) is 6.07 Å². The minimum Gasteiger partial charge on any atom is -0.438 e. The zero-order chi connectivity index (χ0) is 14.5. The van der Waals surface area contributed by atoms with Crippen LogP contribution in [0.1, 0.15) is 18.2 Å².